The van der Waals surface area contributed by atoms with Crippen molar-refractivity contribution in [2.45, 2.75) is 19.3 Å². The van der Waals surface area contributed by atoms with Gasteiger partial charge < -0.3 is 15.5 Å². The Morgan fingerprint density at radius 1 is 1.37 bits per heavy atom. The lowest BCUT2D eigenvalue weighted by molar-refractivity contribution is 0.0952. The first-order valence-corrected chi connectivity index (χ1v) is 6.96. The van der Waals surface area contributed by atoms with Crippen LogP contribution in [0.25, 0.3) is 0 Å². The Balaban J connectivity index is 1.77. The van der Waals surface area contributed by atoms with Crippen LogP contribution in [-0.2, 0) is 6.42 Å². The second-order valence-corrected chi connectivity index (χ2v) is 5.31. The second kappa shape index (κ2) is 6.57. The summed E-state index contributed by atoms with van der Waals surface area (Å²) in [5.41, 5.74) is 3.19. The number of hydrogen-bond donors (Lipinski definition) is 2. The van der Waals surface area contributed by atoms with E-state index in [9.17, 15) is 4.79 Å². The fraction of sp³-hybridized carbons (Fsp3) is 0.533. The maximum atomic E-state index is 12.0. The molecule has 0 saturated heterocycles. The zero-order valence-corrected chi connectivity index (χ0v) is 11.8. The van der Waals surface area contributed by atoms with E-state index in [0.717, 1.165) is 44.5 Å². The van der Waals surface area contributed by atoms with Gasteiger partial charge in [0.25, 0.3) is 5.91 Å². The average Bonchev–Trinajstić information content (AvgIpc) is 2.84. The summed E-state index contributed by atoms with van der Waals surface area (Å²) in [6, 6.07) is 5.90. The molecule has 2 rings (SSSR count). The Morgan fingerprint density at radius 2 is 2.21 bits per heavy atom. The summed E-state index contributed by atoms with van der Waals surface area (Å²) in [6.07, 6.45) is 3.15. The van der Waals surface area contributed by atoms with Gasteiger partial charge in [-0.05, 0) is 63.7 Å². The summed E-state index contributed by atoms with van der Waals surface area (Å²) in [5.74, 6) is 0.0413. The molecule has 1 heterocycles. The molecule has 0 radical (unpaired) electrons. The highest BCUT2D eigenvalue weighted by atomic mass is 16.1. The highest BCUT2D eigenvalue weighted by Gasteiger charge is 2.12. The SMILES string of the molecule is CN(C)CCCCNC(=O)c1ccc2c(c1)CCN2. The molecule has 1 aromatic rings. The van der Waals surface area contributed by atoms with Crippen LogP contribution >= 0.6 is 0 Å². The number of fused-ring (bicyclic) bond motifs is 1. The van der Waals surface area contributed by atoms with Crippen LogP contribution < -0.4 is 10.6 Å². The van der Waals surface area contributed by atoms with Crippen LogP contribution in [-0.4, -0.2) is 44.5 Å². The van der Waals surface area contributed by atoms with Crippen molar-refractivity contribution in [3.05, 3.63) is 29.3 Å². The van der Waals surface area contributed by atoms with Gasteiger partial charge in [0.1, 0.15) is 0 Å². The molecule has 1 aliphatic rings. The molecule has 4 heteroatoms. The van der Waals surface area contributed by atoms with Crippen molar-refractivity contribution in [1.29, 1.82) is 0 Å². The van der Waals surface area contributed by atoms with Gasteiger partial charge >= 0.3 is 0 Å². The number of nitrogens with one attached hydrogen (secondary N) is 2. The monoisotopic (exact) mass is 261 g/mol. The van der Waals surface area contributed by atoms with Crippen molar-refractivity contribution in [1.82, 2.24) is 10.2 Å². The van der Waals surface area contributed by atoms with Crippen LogP contribution in [0, 0.1) is 0 Å². The van der Waals surface area contributed by atoms with E-state index in [-0.39, 0.29) is 5.91 Å². The van der Waals surface area contributed by atoms with Gasteiger partial charge in [-0.25, -0.2) is 0 Å². The minimum atomic E-state index is 0.0413. The molecule has 0 saturated carbocycles. The van der Waals surface area contributed by atoms with Crippen molar-refractivity contribution in [2.75, 3.05) is 39.0 Å². The number of amides is 1. The lowest BCUT2D eigenvalue weighted by atomic mass is 10.1. The Morgan fingerprint density at radius 3 is 3.00 bits per heavy atom. The Hall–Kier alpha value is -1.55. The molecule has 2 N–H and O–H groups in total. The molecule has 104 valence electrons. The van der Waals surface area contributed by atoms with Crippen molar-refractivity contribution in [3.8, 4) is 0 Å². The number of benzene rings is 1. The van der Waals surface area contributed by atoms with E-state index in [1.165, 1.54) is 11.3 Å². The number of hydrogen-bond acceptors (Lipinski definition) is 3. The van der Waals surface area contributed by atoms with Gasteiger partial charge in [-0.3, -0.25) is 4.79 Å². The molecule has 0 atom stereocenters. The molecule has 0 spiro atoms. The van der Waals surface area contributed by atoms with E-state index >= 15 is 0 Å². The lowest BCUT2D eigenvalue weighted by Crippen LogP contribution is -2.25. The molecule has 0 bridgehead atoms. The summed E-state index contributed by atoms with van der Waals surface area (Å²) in [7, 11) is 4.13. The number of nitrogens with zero attached hydrogens (tertiary/aromatic N) is 1. The van der Waals surface area contributed by atoms with Gasteiger partial charge in [0.05, 0.1) is 0 Å². The minimum absolute atomic E-state index is 0.0413. The summed E-state index contributed by atoms with van der Waals surface area (Å²) in [5, 5.41) is 6.29. The van der Waals surface area contributed by atoms with E-state index in [4.69, 9.17) is 0 Å². The van der Waals surface area contributed by atoms with Crippen molar-refractivity contribution < 1.29 is 4.79 Å². The van der Waals surface area contributed by atoms with Crippen LogP contribution in [0.4, 0.5) is 5.69 Å². The molecule has 1 aliphatic heterocycles. The number of carbonyl (C=O) groups excluding carboxylic acids is 1. The second-order valence-electron chi connectivity index (χ2n) is 5.31. The molecular weight excluding hydrogens is 238 g/mol. The average molecular weight is 261 g/mol. The quantitative estimate of drug-likeness (QED) is 0.767. The zero-order valence-electron chi connectivity index (χ0n) is 11.8. The first-order chi connectivity index (χ1) is 9.16. The van der Waals surface area contributed by atoms with E-state index in [1.807, 2.05) is 18.2 Å². The predicted molar refractivity (Wildman–Crippen MR) is 78.8 cm³/mol. The summed E-state index contributed by atoms with van der Waals surface area (Å²) in [4.78, 5) is 14.2. The third-order valence-corrected chi connectivity index (χ3v) is 3.39. The normalized spacial score (nSPS) is 13.2. The molecule has 1 aromatic carbocycles. The van der Waals surface area contributed by atoms with Crippen LogP contribution in [0.1, 0.15) is 28.8 Å². The van der Waals surface area contributed by atoms with Crippen LogP contribution in [0.5, 0.6) is 0 Å². The van der Waals surface area contributed by atoms with Crippen LogP contribution in [0.3, 0.4) is 0 Å². The standard InChI is InChI=1S/C15H23N3O/c1-18(2)10-4-3-8-17-15(19)13-5-6-14-12(11-13)7-9-16-14/h5-6,11,16H,3-4,7-10H2,1-2H3,(H,17,19). The summed E-state index contributed by atoms with van der Waals surface area (Å²) in [6.45, 7) is 2.80. The topological polar surface area (TPSA) is 44.4 Å². The van der Waals surface area contributed by atoms with Gasteiger partial charge in [0.2, 0.25) is 0 Å². The Kier molecular flexibility index (Phi) is 4.80. The van der Waals surface area contributed by atoms with Gasteiger partial charge in [-0.2, -0.15) is 0 Å². The molecule has 0 aliphatic carbocycles. The molecule has 4 nitrogen and oxygen atoms in total. The Labute approximate surface area is 115 Å². The first kappa shape index (κ1) is 13.9. The van der Waals surface area contributed by atoms with Gasteiger partial charge in [-0.1, -0.05) is 0 Å². The highest BCUT2D eigenvalue weighted by molar-refractivity contribution is 5.95. The van der Waals surface area contributed by atoms with Gasteiger partial charge in [0, 0.05) is 24.3 Å². The fourth-order valence-corrected chi connectivity index (χ4v) is 2.30. The van der Waals surface area contributed by atoms with E-state index in [0.29, 0.717) is 0 Å². The van der Waals surface area contributed by atoms with Crippen LogP contribution in [0.2, 0.25) is 0 Å². The van der Waals surface area contributed by atoms with E-state index in [1.54, 1.807) is 0 Å². The molecule has 19 heavy (non-hydrogen) atoms. The first-order valence-electron chi connectivity index (χ1n) is 6.96. The van der Waals surface area contributed by atoms with E-state index < -0.39 is 0 Å². The smallest absolute Gasteiger partial charge is 0.251 e. The van der Waals surface area contributed by atoms with Gasteiger partial charge in [0.15, 0.2) is 0 Å². The maximum absolute atomic E-state index is 12.0. The zero-order chi connectivity index (χ0) is 13.7. The number of unbranched alkanes of at least 4 members (excludes halogenated alkanes) is 1. The third kappa shape index (κ3) is 3.96. The van der Waals surface area contributed by atoms with Crippen molar-refractivity contribution >= 4 is 11.6 Å². The maximum Gasteiger partial charge on any atom is 0.251 e. The highest BCUT2D eigenvalue weighted by Crippen LogP contribution is 2.22. The van der Waals surface area contributed by atoms with Crippen LogP contribution in [0.15, 0.2) is 18.2 Å². The largest absolute Gasteiger partial charge is 0.384 e. The minimum Gasteiger partial charge on any atom is -0.384 e. The number of rotatable bonds is 6. The van der Waals surface area contributed by atoms with Crippen molar-refractivity contribution in [3.63, 3.8) is 0 Å². The molecule has 1 amide bonds. The molecular formula is C15H23N3O. The van der Waals surface area contributed by atoms with Crippen molar-refractivity contribution in [2.24, 2.45) is 0 Å². The van der Waals surface area contributed by atoms with E-state index in [2.05, 4.69) is 29.6 Å². The lowest BCUT2D eigenvalue weighted by Gasteiger charge is -2.10. The number of carbonyl (C=O) groups is 1. The fourth-order valence-electron chi connectivity index (χ4n) is 2.30. The third-order valence-electron chi connectivity index (χ3n) is 3.39. The number of anilines is 1. The predicted octanol–water partition coefficient (Wildman–Crippen LogP) is 1.73. The molecule has 0 aromatic heterocycles. The molecule has 0 fully saturated rings. The van der Waals surface area contributed by atoms with Gasteiger partial charge in [-0.15, -0.1) is 0 Å². The Bertz CT molecular complexity index is 443. The molecule has 0 unspecified atom stereocenters. The summed E-state index contributed by atoms with van der Waals surface area (Å²) < 4.78 is 0. The summed E-state index contributed by atoms with van der Waals surface area (Å²) >= 11 is 0.